The molecule has 3 aromatic carbocycles. The van der Waals surface area contributed by atoms with Crippen LogP contribution in [0, 0.1) is 0 Å². The van der Waals surface area contributed by atoms with E-state index in [0.717, 1.165) is 13.1 Å². The van der Waals surface area contributed by atoms with Crippen LogP contribution >= 0.6 is 0 Å². The number of hydrogen-bond donors (Lipinski definition) is 0. The zero-order valence-electron chi connectivity index (χ0n) is 13.0. The summed E-state index contributed by atoms with van der Waals surface area (Å²) < 4.78 is 0. The Morgan fingerprint density at radius 3 is 1.43 bits per heavy atom. The van der Waals surface area contributed by atoms with Gasteiger partial charge in [-0.05, 0) is 53.4 Å². The Hall–Kier alpha value is -1.86. The number of hydrogen-bond acceptors (Lipinski definition) is 1. The molecule has 0 N–H and O–H groups in total. The van der Waals surface area contributed by atoms with Gasteiger partial charge < -0.3 is 0 Å². The molecule has 0 aliphatic carbocycles. The van der Waals surface area contributed by atoms with Crippen LogP contribution in [-0.2, 0) is 13.1 Å². The van der Waals surface area contributed by atoms with Crippen molar-refractivity contribution in [2.24, 2.45) is 0 Å². The predicted octanol–water partition coefficient (Wildman–Crippen LogP) is 5.11. The molecule has 0 spiro atoms. The van der Waals surface area contributed by atoms with E-state index in [4.69, 9.17) is 0 Å². The molecule has 106 valence electrons. The molecular formula is C20H21N. The fourth-order valence-electron chi connectivity index (χ4n) is 3.56. The molecule has 1 heteroatoms. The summed E-state index contributed by atoms with van der Waals surface area (Å²) in [5.74, 6) is 0. The maximum Gasteiger partial charge on any atom is 0.0252 e. The Balaban J connectivity index is 2.07. The molecule has 0 atom stereocenters. The summed E-state index contributed by atoms with van der Waals surface area (Å²) in [5.41, 5.74) is 3.26. The first-order chi connectivity index (χ1) is 10.1. The van der Waals surface area contributed by atoms with Gasteiger partial charge in [0.05, 0.1) is 0 Å². The van der Waals surface area contributed by atoms with E-state index >= 15 is 0 Å². The van der Waals surface area contributed by atoms with Gasteiger partial charge in [0.2, 0.25) is 0 Å². The predicted molar refractivity (Wildman–Crippen MR) is 90.5 cm³/mol. The molecular weight excluding hydrogens is 254 g/mol. The van der Waals surface area contributed by atoms with E-state index in [1.807, 2.05) is 0 Å². The van der Waals surface area contributed by atoms with E-state index in [1.165, 1.54) is 32.7 Å². The fourth-order valence-corrected chi connectivity index (χ4v) is 3.56. The van der Waals surface area contributed by atoms with Crippen molar-refractivity contribution in [2.45, 2.75) is 39.4 Å². The zero-order valence-corrected chi connectivity index (χ0v) is 13.0. The van der Waals surface area contributed by atoms with Gasteiger partial charge in [0, 0.05) is 18.6 Å². The van der Waals surface area contributed by atoms with Crippen molar-refractivity contribution in [1.82, 2.24) is 4.90 Å². The molecule has 1 heterocycles. The lowest BCUT2D eigenvalue weighted by Gasteiger charge is -2.31. The Morgan fingerprint density at radius 1 is 0.667 bits per heavy atom. The lowest BCUT2D eigenvalue weighted by atomic mass is 9.93. The van der Waals surface area contributed by atoms with Crippen LogP contribution in [0.4, 0.5) is 0 Å². The minimum absolute atomic E-state index is 0.210. The zero-order chi connectivity index (χ0) is 14.6. The molecule has 1 aliphatic heterocycles. The standard InChI is InChI=1S/C20H21N/c1-20(2,3)21-12-18-16-10-6-4-8-14(16)15-9-5-7-11-17(15)19(18)13-21/h4-11H,12-13H2,1-3H3. The van der Waals surface area contributed by atoms with Crippen molar-refractivity contribution in [3.05, 3.63) is 59.7 Å². The lowest BCUT2D eigenvalue weighted by molar-refractivity contribution is 0.137. The van der Waals surface area contributed by atoms with E-state index < -0.39 is 0 Å². The highest BCUT2D eigenvalue weighted by molar-refractivity contribution is 6.10. The van der Waals surface area contributed by atoms with Crippen molar-refractivity contribution in [3.63, 3.8) is 0 Å². The summed E-state index contributed by atoms with van der Waals surface area (Å²) in [6, 6.07) is 17.7. The molecule has 4 rings (SSSR count). The number of fused-ring (bicyclic) bond motifs is 6. The van der Waals surface area contributed by atoms with Crippen LogP contribution in [0.1, 0.15) is 31.9 Å². The summed E-state index contributed by atoms with van der Waals surface area (Å²) in [4.78, 5) is 2.58. The summed E-state index contributed by atoms with van der Waals surface area (Å²) >= 11 is 0. The third-order valence-electron chi connectivity index (χ3n) is 4.81. The molecule has 0 aromatic heterocycles. The molecule has 0 saturated heterocycles. The SMILES string of the molecule is CC(C)(C)N1Cc2c(c3ccccc3c3ccccc23)C1. The van der Waals surface area contributed by atoms with Crippen molar-refractivity contribution in [3.8, 4) is 0 Å². The van der Waals surface area contributed by atoms with Crippen molar-refractivity contribution in [1.29, 1.82) is 0 Å². The second-order valence-corrected chi connectivity index (χ2v) is 7.08. The average molecular weight is 275 g/mol. The molecule has 0 unspecified atom stereocenters. The molecule has 0 radical (unpaired) electrons. The minimum atomic E-state index is 0.210. The van der Waals surface area contributed by atoms with E-state index in [1.54, 1.807) is 0 Å². The van der Waals surface area contributed by atoms with E-state index in [9.17, 15) is 0 Å². The van der Waals surface area contributed by atoms with Gasteiger partial charge in [-0.1, -0.05) is 48.5 Å². The second-order valence-electron chi connectivity index (χ2n) is 7.08. The summed E-state index contributed by atoms with van der Waals surface area (Å²) in [5, 5.41) is 5.64. The highest BCUT2D eigenvalue weighted by Crippen LogP contribution is 2.39. The summed E-state index contributed by atoms with van der Waals surface area (Å²) in [6.45, 7) is 9.05. The van der Waals surface area contributed by atoms with Gasteiger partial charge in [0.1, 0.15) is 0 Å². The first-order valence-electron chi connectivity index (χ1n) is 7.72. The van der Waals surface area contributed by atoms with Gasteiger partial charge in [-0.25, -0.2) is 0 Å². The quantitative estimate of drug-likeness (QED) is 0.515. The third-order valence-corrected chi connectivity index (χ3v) is 4.81. The van der Waals surface area contributed by atoms with Crippen LogP contribution in [0.25, 0.3) is 21.5 Å². The van der Waals surface area contributed by atoms with E-state index in [0.29, 0.717) is 0 Å². The molecule has 3 aromatic rings. The molecule has 21 heavy (non-hydrogen) atoms. The van der Waals surface area contributed by atoms with Crippen LogP contribution in [-0.4, -0.2) is 10.4 Å². The van der Waals surface area contributed by atoms with Crippen molar-refractivity contribution >= 4 is 21.5 Å². The van der Waals surface area contributed by atoms with Crippen LogP contribution in [0.2, 0.25) is 0 Å². The lowest BCUT2D eigenvalue weighted by Crippen LogP contribution is -2.36. The molecule has 0 bridgehead atoms. The molecule has 0 amide bonds. The van der Waals surface area contributed by atoms with Gasteiger partial charge in [-0.15, -0.1) is 0 Å². The first kappa shape index (κ1) is 12.8. The van der Waals surface area contributed by atoms with Crippen LogP contribution in [0.5, 0.6) is 0 Å². The molecule has 1 nitrogen and oxygen atoms in total. The Kier molecular flexibility index (Phi) is 2.64. The minimum Gasteiger partial charge on any atom is -0.290 e. The van der Waals surface area contributed by atoms with Gasteiger partial charge in [0.25, 0.3) is 0 Å². The van der Waals surface area contributed by atoms with E-state index in [-0.39, 0.29) is 5.54 Å². The average Bonchev–Trinajstić information content (AvgIpc) is 2.93. The highest BCUT2D eigenvalue weighted by atomic mass is 15.2. The van der Waals surface area contributed by atoms with E-state index in [2.05, 4.69) is 74.2 Å². The molecule has 0 saturated carbocycles. The first-order valence-corrected chi connectivity index (χ1v) is 7.72. The maximum absolute atomic E-state index is 2.58. The number of benzene rings is 3. The smallest absolute Gasteiger partial charge is 0.0252 e. The summed E-state index contributed by atoms with van der Waals surface area (Å²) in [6.07, 6.45) is 0. The maximum atomic E-state index is 2.58. The van der Waals surface area contributed by atoms with Gasteiger partial charge in [-0.2, -0.15) is 0 Å². The van der Waals surface area contributed by atoms with Crippen LogP contribution < -0.4 is 0 Å². The highest BCUT2D eigenvalue weighted by Gasteiger charge is 2.30. The normalized spacial score (nSPS) is 15.8. The fraction of sp³-hybridized carbons (Fsp3) is 0.300. The number of rotatable bonds is 0. The third kappa shape index (κ3) is 1.88. The van der Waals surface area contributed by atoms with Gasteiger partial charge in [-0.3, -0.25) is 4.90 Å². The van der Waals surface area contributed by atoms with Crippen molar-refractivity contribution in [2.75, 3.05) is 0 Å². The van der Waals surface area contributed by atoms with Crippen LogP contribution in [0.3, 0.4) is 0 Å². The second kappa shape index (κ2) is 4.32. The monoisotopic (exact) mass is 275 g/mol. The van der Waals surface area contributed by atoms with Crippen molar-refractivity contribution < 1.29 is 0 Å². The largest absolute Gasteiger partial charge is 0.290 e. The van der Waals surface area contributed by atoms with Crippen LogP contribution in [0.15, 0.2) is 48.5 Å². The molecule has 1 aliphatic rings. The van der Waals surface area contributed by atoms with Gasteiger partial charge in [0.15, 0.2) is 0 Å². The Bertz CT molecular complexity index is 775. The van der Waals surface area contributed by atoms with Gasteiger partial charge >= 0.3 is 0 Å². The topological polar surface area (TPSA) is 3.24 Å². The number of nitrogens with zero attached hydrogens (tertiary/aromatic N) is 1. The Morgan fingerprint density at radius 2 is 1.05 bits per heavy atom. The summed E-state index contributed by atoms with van der Waals surface area (Å²) in [7, 11) is 0. The Labute approximate surface area is 126 Å². The molecule has 0 fully saturated rings.